The number of carbonyl (C=O) groups is 2. The fraction of sp³-hybridized carbons (Fsp3) is 0.143. The molecule has 0 fully saturated rings. The molecule has 1 aromatic heterocycles. The summed E-state index contributed by atoms with van der Waals surface area (Å²) in [5.74, 6) is -1.22. The highest BCUT2D eigenvalue weighted by molar-refractivity contribution is 7.16. The predicted octanol–water partition coefficient (Wildman–Crippen LogP) is 0.999. The first-order valence-corrected chi connectivity index (χ1v) is 3.95. The van der Waals surface area contributed by atoms with Crippen molar-refractivity contribution >= 4 is 23.0 Å². The van der Waals surface area contributed by atoms with Gasteiger partial charge >= 0.3 is 0 Å². The molecule has 0 saturated carbocycles. The number of alkyl halides is 1. The highest BCUT2D eigenvalue weighted by atomic mass is 32.1. The van der Waals surface area contributed by atoms with E-state index in [1.54, 1.807) is 0 Å². The number of ketones is 1. The first-order chi connectivity index (χ1) is 5.65. The van der Waals surface area contributed by atoms with Gasteiger partial charge in [-0.2, -0.15) is 0 Å². The molecule has 0 aliphatic rings. The number of rotatable bonds is 3. The highest BCUT2D eigenvalue weighted by Gasteiger charge is 2.10. The summed E-state index contributed by atoms with van der Waals surface area (Å²) in [4.78, 5) is 21.8. The summed E-state index contributed by atoms with van der Waals surface area (Å²) < 4.78 is 11.8. The average molecular weight is 187 g/mol. The van der Waals surface area contributed by atoms with Crippen LogP contribution < -0.4 is 5.73 Å². The van der Waals surface area contributed by atoms with Crippen LogP contribution in [-0.4, -0.2) is 18.4 Å². The highest BCUT2D eigenvalue weighted by Crippen LogP contribution is 2.16. The van der Waals surface area contributed by atoms with Crippen molar-refractivity contribution in [3.05, 3.63) is 21.9 Å². The summed E-state index contributed by atoms with van der Waals surface area (Å²) in [7, 11) is 0. The molecule has 2 N–H and O–H groups in total. The molecule has 12 heavy (non-hydrogen) atoms. The van der Waals surface area contributed by atoms with Crippen molar-refractivity contribution in [2.75, 3.05) is 6.67 Å². The summed E-state index contributed by atoms with van der Waals surface area (Å²) in [6.07, 6.45) is 0. The van der Waals surface area contributed by atoms with Gasteiger partial charge < -0.3 is 5.73 Å². The molecule has 0 bridgehead atoms. The summed E-state index contributed by atoms with van der Waals surface area (Å²) >= 11 is 0.910. The SMILES string of the molecule is NC(=O)c1ccc(C(=O)CF)s1. The van der Waals surface area contributed by atoms with Crippen LogP contribution in [0.3, 0.4) is 0 Å². The number of halogens is 1. The van der Waals surface area contributed by atoms with E-state index in [2.05, 4.69) is 0 Å². The molecule has 3 nitrogen and oxygen atoms in total. The van der Waals surface area contributed by atoms with Crippen molar-refractivity contribution in [1.29, 1.82) is 0 Å². The monoisotopic (exact) mass is 187 g/mol. The van der Waals surface area contributed by atoms with Crippen LogP contribution in [0.25, 0.3) is 0 Å². The van der Waals surface area contributed by atoms with E-state index in [9.17, 15) is 14.0 Å². The Morgan fingerprint density at radius 3 is 2.42 bits per heavy atom. The second kappa shape index (κ2) is 3.44. The molecular formula is C7H6FNO2S. The van der Waals surface area contributed by atoms with Gasteiger partial charge in [0.1, 0.15) is 0 Å². The standard InChI is InChI=1S/C7H6FNO2S/c8-3-4(10)5-1-2-6(12-5)7(9)11/h1-2H,3H2,(H2,9,11). The Bertz CT molecular complexity index is 321. The third kappa shape index (κ3) is 1.68. The molecule has 0 radical (unpaired) electrons. The minimum atomic E-state index is -1.04. The van der Waals surface area contributed by atoms with Gasteiger partial charge in [-0.15, -0.1) is 11.3 Å². The molecule has 5 heteroatoms. The quantitative estimate of drug-likeness (QED) is 0.717. The zero-order chi connectivity index (χ0) is 9.14. The number of primary amides is 1. The van der Waals surface area contributed by atoms with Crippen LogP contribution in [0.5, 0.6) is 0 Å². The topological polar surface area (TPSA) is 60.2 Å². The summed E-state index contributed by atoms with van der Waals surface area (Å²) in [6.45, 7) is -1.04. The molecule has 0 saturated heterocycles. The maximum atomic E-state index is 11.8. The van der Waals surface area contributed by atoms with E-state index in [0.717, 1.165) is 11.3 Å². The fourth-order valence-electron chi connectivity index (χ4n) is 0.686. The van der Waals surface area contributed by atoms with E-state index < -0.39 is 18.4 Å². The first-order valence-electron chi connectivity index (χ1n) is 3.14. The van der Waals surface area contributed by atoms with E-state index in [1.165, 1.54) is 12.1 Å². The average Bonchev–Trinajstić information content (AvgIpc) is 2.51. The van der Waals surface area contributed by atoms with Crippen molar-refractivity contribution < 1.29 is 14.0 Å². The van der Waals surface area contributed by atoms with Gasteiger partial charge in [-0.25, -0.2) is 4.39 Å². The maximum absolute atomic E-state index is 11.8. The zero-order valence-electron chi connectivity index (χ0n) is 6.04. The third-order valence-corrected chi connectivity index (χ3v) is 2.39. The smallest absolute Gasteiger partial charge is 0.258 e. The number of carbonyl (C=O) groups excluding carboxylic acids is 2. The Morgan fingerprint density at radius 1 is 1.42 bits per heavy atom. The lowest BCUT2D eigenvalue weighted by molar-refractivity contribution is 0.0962. The van der Waals surface area contributed by atoms with Crippen molar-refractivity contribution in [2.24, 2.45) is 5.73 Å². The lowest BCUT2D eigenvalue weighted by atomic mass is 10.3. The molecule has 1 heterocycles. The predicted molar refractivity (Wildman–Crippen MR) is 43.1 cm³/mol. The van der Waals surface area contributed by atoms with Crippen LogP contribution in [0.4, 0.5) is 4.39 Å². The lowest BCUT2D eigenvalue weighted by Gasteiger charge is -1.86. The summed E-state index contributed by atoms with van der Waals surface area (Å²) in [6, 6.07) is 2.81. The third-order valence-electron chi connectivity index (χ3n) is 1.25. The van der Waals surface area contributed by atoms with Crippen molar-refractivity contribution in [1.82, 2.24) is 0 Å². The van der Waals surface area contributed by atoms with Crippen LogP contribution in [0, 0.1) is 0 Å². The maximum Gasteiger partial charge on any atom is 0.258 e. The van der Waals surface area contributed by atoms with Crippen LogP contribution >= 0.6 is 11.3 Å². The Kier molecular flexibility index (Phi) is 2.54. The van der Waals surface area contributed by atoms with Crippen LogP contribution in [0.15, 0.2) is 12.1 Å². The van der Waals surface area contributed by atoms with Crippen LogP contribution in [-0.2, 0) is 0 Å². The van der Waals surface area contributed by atoms with Crippen molar-refractivity contribution in [2.45, 2.75) is 0 Å². The summed E-state index contributed by atoms with van der Waals surface area (Å²) in [5, 5.41) is 0. The van der Waals surface area contributed by atoms with Crippen LogP contribution in [0.2, 0.25) is 0 Å². The summed E-state index contributed by atoms with van der Waals surface area (Å²) in [5.41, 5.74) is 4.94. The normalized spacial score (nSPS) is 9.75. The van der Waals surface area contributed by atoms with Gasteiger partial charge in [0.15, 0.2) is 6.67 Å². The minimum Gasteiger partial charge on any atom is -0.365 e. The largest absolute Gasteiger partial charge is 0.365 e. The molecule has 0 unspecified atom stereocenters. The second-order valence-electron chi connectivity index (χ2n) is 2.08. The van der Waals surface area contributed by atoms with Gasteiger partial charge in [-0.1, -0.05) is 0 Å². The van der Waals surface area contributed by atoms with E-state index in [4.69, 9.17) is 5.73 Å². The van der Waals surface area contributed by atoms with Gasteiger partial charge in [-0.3, -0.25) is 9.59 Å². The molecule has 1 rings (SSSR count). The molecule has 0 aliphatic carbocycles. The molecule has 0 atom stereocenters. The molecule has 1 amide bonds. The minimum absolute atomic E-state index is 0.228. The lowest BCUT2D eigenvalue weighted by Crippen LogP contribution is -2.08. The van der Waals surface area contributed by atoms with E-state index in [-0.39, 0.29) is 9.75 Å². The van der Waals surface area contributed by atoms with Gasteiger partial charge in [0.25, 0.3) is 5.91 Å². The molecular weight excluding hydrogens is 181 g/mol. The molecule has 1 aromatic rings. The van der Waals surface area contributed by atoms with Gasteiger partial charge in [0, 0.05) is 0 Å². The van der Waals surface area contributed by atoms with Crippen molar-refractivity contribution in [3.63, 3.8) is 0 Å². The van der Waals surface area contributed by atoms with E-state index >= 15 is 0 Å². The number of hydrogen-bond donors (Lipinski definition) is 1. The second-order valence-corrected chi connectivity index (χ2v) is 3.17. The van der Waals surface area contributed by atoms with Gasteiger partial charge in [-0.05, 0) is 12.1 Å². The number of hydrogen-bond acceptors (Lipinski definition) is 3. The zero-order valence-corrected chi connectivity index (χ0v) is 6.86. The number of amides is 1. The number of thiophene rings is 1. The van der Waals surface area contributed by atoms with E-state index in [0.29, 0.717) is 0 Å². The first kappa shape index (κ1) is 8.86. The van der Waals surface area contributed by atoms with E-state index in [1.807, 2.05) is 0 Å². The van der Waals surface area contributed by atoms with Crippen LogP contribution in [0.1, 0.15) is 19.3 Å². The van der Waals surface area contributed by atoms with Crippen molar-refractivity contribution in [3.8, 4) is 0 Å². The fourth-order valence-corrected chi connectivity index (χ4v) is 1.46. The Balaban J connectivity index is 2.91. The van der Waals surface area contributed by atoms with Gasteiger partial charge in [0.2, 0.25) is 5.78 Å². The molecule has 64 valence electrons. The molecule has 0 aliphatic heterocycles. The number of Topliss-reactive ketones (excluding diaryl/α,β-unsaturated/α-hetero) is 1. The molecule has 0 aromatic carbocycles. The molecule has 0 spiro atoms. The Labute approximate surface area is 72.0 Å². The Hall–Kier alpha value is -1.23. The number of nitrogens with two attached hydrogens (primary N) is 1. The van der Waals surface area contributed by atoms with Gasteiger partial charge in [0.05, 0.1) is 9.75 Å². The Morgan fingerprint density at radius 2 is 2.00 bits per heavy atom.